The van der Waals surface area contributed by atoms with Crippen molar-refractivity contribution in [3.05, 3.63) is 62.6 Å². The number of nitrogens with zero attached hydrogens (tertiary/aromatic N) is 1. The molecular formula is C21H23BrClNO2. The summed E-state index contributed by atoms with van der Waals surface area (Å²) in [6, 6.07) is 11.8. The summed E-state index contributed by atoms with van der Waals surface area (Å²) in [5, 5.41) is 0.667. The first-order chi connectivity index (χ1) is 12.2. The van der Waals surface area contributed by atoms with Crippen molar-refractivity contribution in [1.29, 1.82) is 0 Å². The Kier molecular flexibility index (Phi) is 5.36. The maximum Gasteiger partial charge on any atom is 0.415 e. The lowest BCUT2D eigenvalue weighted by Crippen LogP contribution is -2.42. The van der Waals surface area contributed by atoms with Crippen LogP contribution in [0.2, 0.25) is 5.02 Å². The zero-order chi connectivity index (χ0) is 19.1. The highest BCUT2D eigenvalue weighted by Gasteiger charge is 2.36. The number of rotatable bonds is 1. The first-order valence-corrected chi connectivity index (χ1v) is 9.89. The molecule has 3 nitrogen and oxygen atoms in total. The number of anilines is 1. The molecule has 0 spiro atoms. The molecular weight excluding hydrogens is 414 g/mol. The maximum atomic E-state index is 13.1. The van der Waals surface area contributed by atoms with Gasteiger partial charge in [0, 0.05) is 9.50 Å². The van der Waals surface area contributed by atoms with Crippen molar-refractivity contribution in [1.82, 2.24) is 0 Å². The number of aryl methyl sites for hydroxylation is 2. The van der Waals surface area contributed by atoms with E-state index in [9.17, 15) is 4.79 Å². The predicted molar refractivity (Wildman–Crippen MR) is 110 cm³/mol. The Morgan fingerprint density at radius 3 is 2.65 bits per heavy atom. The van der Waals surface area contributed by atoms with Crippen LogP contribution >= 0.6 is 27.5 Å². The number of hydrogen-bond acceptors (Lipinski definition) is 2. The molecule has 0 N–H and O–H groups in total. The Morgan fingerprint density at radius 2 is 2.00 bits per heavy atom. The van der Waals surface area contributed by atoms with Crippen molar-refractivity contribution < 1.29 is 9.53 Å². The molecule has 1 aliphatic heterocycles. The normalized spacial score (nSPS) is 17.0. The fourth-order valence-electron chi connectivity index (χ4n) is 3.40. The Morgan fingerprint density at radius 1 is 1.27 bits per heavy atom. The van der Waals surface area contributed by atoms with Crippen LogP contribution in [0.15, 0.2) is 40.9 Å². The van der Waals surface area contributed by atoms with Gasteiger partial charge in [0.1, 0.15) is 5.60 Å². The molecule has 26 heavy (non-hydrogen) atoms. The van der Waals surface area contributed by atoms with E-state index in [2.05, 4.69) is 28.9 Å². The predicted octanol–water partition coefficient (Wildman–Crippen LogP) is 6.84. The molecule has 2 aromatic rings. The fraction of sp³-hybridized carbons (Fsp3) is 0.381. The highest BCUT2D eigenvalue weighted by molar-refractivity contribution is 9.10. The third-order valence-corrected chi connectivity index (χ3v) is 5.19. The molecule has 1 atom stereocenters. The molecule has 5 heteroatoms. The van der Waals surface area contributed by atoms with Crippen molar-refractivity contribution in [3.63, 3.8) is 0 Å². The number of carbonyl (C=O) groups excluding carboxylic acids is 1. The van der Waals surface area contributed by atoms with E-state index >= 15 is 0 Å². The van der Waals surface area contributed by atoms with E-state index in [0.717, 1.165) is 34.1 Å². The third kappa shape index (κ3) is 4.07. The first-order valence-electron chi connectivity index (χ1n) is 8.72. The molecule has 1 amide bonds. The highest BCUT2D eigenvalue weighted by atomic mass is 79.9. The number of hydrogen-bond donors (Lipinski definition) is 0. The number of benzene rings is 2. The third-order valence-electron chi connectivity index (χ3n) is 4.35. The largest absolute Gasteiger partial charge is 0.443 e. The van der Waals surface area contributed by atoms with Gasteiger partial charge in [0.25, 0.3) is 0 Å². The maximum absolute atomic E-state index is 13.1. The molecule has 3 rings (SSSR count). The van der Waals surface area contributed by atoms with Gasteiger partial charge in [-0.2, -0.15) is 0 Å². The van der Waals surface area contributed by atoms with Gasteiger partial charge < -0.3 is 4.74 Å². The smallest absolute Gasteiger partial charge is 0.415 e. The van der Waals surface area contributed by atoms with Crippen molar-refractivity contribution in [2.24, 2.45) is 0 Å². The van der Waals surface area contributed by atoms with Gasteiger partial charge in [0.2, 0.25) is 0 Å². The van der Waals surface area contributed by atoms with Gasteiger partial charge in [-0.05, 0) is 91.4 Å². The highest BCUT2D eigenvalue weighted by Crippen LogP contribution is 2.44. The monoisotopic (exact) mass is 435 g/mol. The number of ether oxygens (including phenoxy) is 1. The van der Waals surface area contributed by atoms with Gasteiger partial charge in [0.15, 0.2) is 0 Å². The second-order valence-electron chi connectivity index (χ2n) is 7.71. The quantitative estimate of drug-likeness (QED) is 0.490. The van der Waals surface area contributed by atoms with Crippen LogP contribution in [-0.4, -0.2) is 11.7 Å². The molecule has 1 heterocycles. The number of amides is 1. The zero-order valence-electron chi connectivity index (χ0n) is 15.5. The minimum atomic E-state index is -0.565. The van der Waals surface area contributed by atoms with Gasteiger partial charge >= 0.3 is 6.09 Å². The lowest BCUT2D eigenvalue weighted by molar-refractivity contribution is 0.0559. The van der Waals surface area contributed by atoms with Gasteiger partial charge in [-0.1, -0.05) is 29.8 Å². The second-order valence-corrected chi connectivity index (χ2v) is 9.01. The summed E-state index contributed by atoms with van der Waals surface area (Å²) in [5.41, 5.74) is 3.66. The Bertz CT molecular complexity index is 844. The molecule has 0 saturated heterocycles. The van der Waals surface area contributed by atoms with Crippen LogP contribution in [0, 0.1) is 6.92 Å². The fourth-order valence-corrected chi connectivity index (χ4v) is 4.41. The van der Waals surface area contributed by atoms with Crippen LogP contribution in [0.1, 0.15) is 49.9 Å². The van der Waals surface area contributed by atoms with Crippen LogP contribution in [0.3, 0.4) is 0 Å². The topological polar surface area (TPSA) is 29.5 Å². The minimum absolute atomic E-state index is 0.116. The van der Waals surface area contributed by atoms with Gasteiger partial charge in [0.05, 0.1) is 11.7 Å². The summed E-state index contributed by atoms with van der Waals surface area (Å²) in [6.45, 7) is 7.71. The average Bonchev–Trinajstić information content (AvgIpc) is 2.52. The lowest BCUT2D eigenvalue weighted by atomic mass is 9.91. The van der Waals surface area contributed by atoms with Gasteiger partial charge in [-0.15, -0.1) is 0 Å². The standard InChI is InChI=1S/C21H23BrClNO2/c1-13-10-15-8-9-18(14-6-5-7-16(23)12-14)24(19(15)17(22)11-13)20(25)26-21(2,3)4/h5-7,10-12,18H,8-9H2,1-4H3. The summed E-state index contributed by atoms with van der Waals surface area (Å²) >= 11 is 9.87. The first kappa shape index (κ1) is 19.2. The van der Waals surface area contributed by atoms with Crippen molar-refractivity contribution in [3.8, 4) is 0 Å². The Labute approximate surface area is 168 Å². The summed E-state index contributed by atoms with van der Waals surface area (Å²) in [7, 11) is 0. The number of halogens is 2. The summed E-state index contributed by atoms with van der Waals surface area (Å²) in [6.07, 6.45) is 1.38. The Hall–Kier alpha value is -1.52. The molecule has 0 saturated carbocycles. The summed E-state index contributed by atoms with van der Waals surface area (Å²) < 4.78 is 6.64. The van der Waals surface area contributed by atoms with Crippen LogP contribution < -0.4 is 4.90 Å². The summed E-state index contributed by atoms with van der Waals surface area (Å²) in [5.74, 6) is 0. The van der Waals surface area contributed by atoms with Gasteiger partial charge in [-0.3, -0.25) is 4.90 Å². The van der Waals surface area contributed by atoms with Crippen LogP contribution in [0.4, 0.5) is 10.5 Å². The van der Waals surface area contributed by atoms with Crippen molar-refractivity contribution in [2.45, 2.75) is 52.2 Å². The van der Waals surface area contributed by atoms with E-state index < -0.39 is 5.60 Å². The number of fused-ring (bicyclic) bond motifs is 1. The molecule has 0 fully saturated rings. The molecule has 0 bridgehead atoms. The molecule has 0 radical (unpaired) electrons. The Balaban J connectivity index is 2.11. The van der Waals surface area contributed by atoms with E-state index in [0.29, 0.717) is 5.02 Å². The average molecular weight is 437 g/mol. The van der Waals surface area contributed by atoms with E-state index in [1.807, 2.05) is 51.1 Å². The molecule has 138 valence electrons. The van der Waals surface area contributed by atoms with Crippen LogP contribution in [0.25, 0.3) is 0 Å². The molecule has 1 aliphatic rings. The van der Waals surface area contributed by atoms with Gasteiger partial charge in [-0.25, -0.2) is 4.79 Å². The molecule has 0 aliphatic carbocycles. The molecule has 1 unspecified atom stereocenters. The molecule has 2 aromatic carbocycles. The zero-order valence-corrected chi connectivity index (χ0v) is 17.8. The minimum Gasteiger partial charge on any atom is -0.443 e. The molecule has 0 aromatic heterocycles. The van der Waals surface area contributed by atoms with E-state index in [1.54, 1.807) is 4.90 Å². The van der Waals surface area contributed by atoms with E-state index in [-0.39, 0.29) is 12.1 Å². The second kappa shape index (κ2) is 7.24. The van der Waals surface area contributed by atoms with Crippen LogP contribution in [-0.2, 0) is 11.2 Å². The lowest BCUT2D eigenvalue weighted by Gasteiger charge is -2.39. The van der Waals surface area contributed by atoms with Crippen LogP contribution in [0.5, 0.6) is 0 Å². The SMILES string of the molecule is Cc1cc(Br)c2c(c1)CCC(c1cccc(Cl)c1)N2C(=O)OC(C)(C)C. The van der Waals surface area contributed by atoms with E-state index in [4.69, 9.17) is 16.3 Å². The number of carbonyl (C=O) groups is 1. The van der Waals surface area contributed by atoms with Crippen molar-refractivity contribution >= 4 is 39.3 Å². The summed E-state index contributed by atoms with van der Waals surface area (Å²) in [4.78, 5) is 14.9. The van der Waals surface area contributed by atoms with Crippen molar-refractivity contribution in [2.75, 3.05) is 4.90 Å². The van der Waals surface area contributed by atoms with E-state index in [1.165, 1.54) is 5.56 Å².